The molecule has 27 heavy (non-hydrogen) atoms. The van der Waals surface area contributed by atoms with E-state index in [2.05, 4.69) is 41.1 Å². The fourth-order valence-electron chi connectivity index (χ4n) is 3.82. The number of hydrogen-bond acceptors (Lipinski definition) is 5. The molecule has 6 nitrogen and oxygen atoms in total. The first-order valence-corrected chi connectivity index (χ1v) is 10.3. The van der Waals surface area contributed by atoms with Crippen molar-refractivity contribution >= 4 is 17.0 Å². The number of hydrogen-bond donors (Lipinski definition) is 1. The van der Waals surface area contributed by atoms with Gasteiger partial charge in [0, 0.05) is 18.3 Å². The summed E-state index contributed by atoms with van der Waals surface area (Å²) in [5, 5.41) is 7.77. The number of carbonyl (C=O) groups is 1. The maximum atomic E-state index is 12.8. The van der Waals surface area contributed by atoms with Gasteiger partial charge in [0.2, 0.25) is 0 Å². The molecule has 0 saturated carbocycles. The predicted octanol–water partition coefficient (Wildman–Crippen LogP) is 4.04. The van der Waals surface area contributed by atoms with Crippen LogP contribution in [0, 0.1) is 6.92 Å². The normalized spacial score (nSPS) is 18.3. The van der Waals surface area contributed by atoms with Crippen molar-refractivity contribution in [2.24, 2.45) is 0 Å². The summed E-state index contributed by atoms with van der Waals surface area (Å²) in [5.41, 5.74) is 2.62. The maximum Gasteiger partial charge on any atom is 0.259 e. The highest BCUT2D eigenvalue weighted by molar-refractivity contribution is 6.06. The Labute approximate surface area is 161 Å². The minimum absolute atomic E-state index is 0.0676. The van der Waals surface area contributed by atoms with Crippen molar-refractivity contribution in [2.45, 2.75) is 71.8 Å². The predicted molar refractivity (Wildman–Crippen MR) is 107 cm³/mol. The van der Waals surface area contributed by atoms with Gasteiger partial charge < -0.3 is 14.7 Å². The second kappa shape index (κ2) is 8.83. The van der Waals surface area contributed by atoms with E-state index in [-0.39, 0.29) is 11.8 Å². The van der Waals surface area contributed by atoms with Crippen LogP contribution in [0.3, 0.4) is 0 Å². The summed E-state index contributed by atoms with van der Waals surface area (Å²) >= 11 is 0. The number of aryl methyl sites for hydroxylation is 1. The summed E-state index contributed by atoms with van der Waals surface area (Å²) in [6.45, 7) is 11.3. The quantitative estimate of drug-likeness (QED) is 0.743. The zero-order valence-electron chi connectivity index (χ0n) is 17.0. The van der Waals surface area contributed by atoms with Crippen molar-refractivity contribution in [1.82, 2.24) is 20.4 Å². The van der Waals surface area contributed by atoms with E-state index in [1.807, 2.05) is 13.0 Å². The minimum Gasteiger partial charge on any atom is -0.352 e. The SMILES string of the molecule is Cc1noc2nc(C(C)C)cc(C(=O)NCCCCN3CCCCC3C)c12. The molecule has 1 aliphatic rings. The van der Waals surface area contributed by atoms with Crippen molar-refractivity contribution in [3.05, 3.63) is 23.0 Å². The Morgan fingerprint density at radius 3 is 2.93 bits per heavy atom. The van der Waals surface area contributed by atoms with E-state index in [9.17, 15) is 4.79 Å². The van der Waals surface area contributed by atoms with Gasteiger partial charge in [0.15, 0.2) is 0 Å². The van der Waals surface area contributed by atoms with Crippen LogP contribution >= 0.6 is 0 Å². The second-order valence-corrected chi connectivity index (χ2v) is 8.04. The number of rotatable bonds is 7. The van der Waals surface area contributed by atoms with Gasteiger partial charge in [0.1, 0.15) is 0 Å². The standard InChI is InChI=1S/C21H32N4O2/c1-14(2)18-13-17(19-16(4)24-27-21(19)23-18)20(26)22-10-6-8-12-25-11-7-5-9-15(25)3/h13-15H,5-12H2,1-4H3,(H,22,26). The van der Waals surface area contributed by atoms with Crippen molar-refractivity contribution in [3.63, 3.8) is 0 Å². The van der Waals surface area contributed by atoms with Crippen LogP contribution in [0.25, 0.3) is 11.1 Å². The van der Waals surface area contributed by atoms with Gasteiger partial charge in [0.05, 0.1) is 16.6 Å². The van der Waals surface area contributed by atoms with Gasteiger partial charge in [-0.3, -0.25) is 4.79 Å². The first-order chi connectivity index (χ1) is 13.0. The van der Waals surface area contributed by atoms with Gasteiger partial charge >= 0.3 is 0 Å². The topological polar surface area (TPSA) is 71.3 Å². The number of amides is 1. The lowest BCUT2D eigenvalue weighted by molar-refractivity contribution is 0.0953. The highest BCUT2D eigenvalue weighted by Gasteiger charge is 2.20. The number of nitrogens with one attached hydrogen (secondary N) is 1. The molecule has 3 heterocycles. The van der Waals surface area contributed by atoms with Crippen LogP contribution in [0.5, 0.6) is 0 Å². The molecule has 2 aromatic rings. The Kier molecular flexibility index (Phi) is 6.47. The largest absolute Gasteiger partial charge is 0.352 e. The number of nitrogens with zero attached hydrogens (tertiary/aromatic N) is 3. The van der Waals surface area contributed by atoms with E-state index in [0.717, 1.165) is 30.5 Å². The number of piperidine rings is 1. The Balaban J connectivity index is 1.57. The Morgan fingerprint density at radius 2 is 2.19 bits per heavy atom. The summed E-state index contributed by atoms with van der Waals surface area (Å²) in [7, 11) is 0. The summed E-state index contributed by atoms with van der Waals surface area (Å²) in [6.07, 6.45) is 6.08. The Hall–Kier alpha value is -1.95. The molecule has 1 fully saturated rings. The van der Waals surface area contributed by atoms with Crippen LogP contribution in [-0.4, -0.2) is 46.6 Å². The molecule has 148 valence electrons. The number of likely N-dealkylation sites (tertiary alicyclic amines) is 1. The molecular formula is C21H32N4O2. The molecule has 1 amide bonds. The molecule has 0 aliphatic carbocycles. The minimum atomic E-state index is -0.0676. The third-order valence-electron chi connectivity index (χ3n) is 5.57. The number of unbranched alkanes of at least 4 members (excludes halogenated alkanes) is 1. The first kappa shape index (κ1) is 19.8. The fourth-order valence-corrected chi connectivity index (χ4v) is 3.82. The van der Waals surface area contributed by atoms with Gasteiger partial charge in [-0.2, -0.15) is 0 Å². The molecule has 3 rings (SSSR count). The monoisotopic (exact) mass is 372 g/mol. The average molecular weight is 373 g/mol. The van der Waals surface area contributed by atoms with Crippen molar-refractivity contribution < 1.29 is 9.32 Å². The fraction of sp³-hybridized carbons (Fsp3) is 0.667. The van der Waals surface area contributed by atoms with Crippen LogP contribution in [0.1, 0.15) is 80.5 Å². The second-order valence-electron chi connectivity index (χ2n) is 8.04. The molecule has 0 bridgehead atoms. The molecule has 2 aromatic heterocycles. The zero-order valence-corrected chi connectivity index (χ0v) is 17.0. The van der Waals surface area contributed by atoms with Gasteiger partial charge in [-0.25, -0.2) is 4.98 Å². The van der Waals surface area contributed by atoms with E-state index in [1.165, 1.54) is 25.8 Å². The summed E-state index contributed by atoms with van der Waals surface area (Å²) in [4.78, 5) is 19.9. The van der Waals surface area contributed by atoms with Crippen LogP contribution in [0.4, 0.5) is 0 Å². The number of fused-ring (bicyclic) bond motifs is 1. The molecule has 0 aromatic carbocycles. The molecule has 1 atom stereocenters. The molecule has 0 spiro atoms. The maximum absolute atomic E-state index is 12.8. The number of pyridine rings is 1. The molecule has 1 N–H and O–H groups in total. The number of aromatic nitrogens is 2. The van der Waals surface area contributed by atoms with E-state index in [4.69, 9.17) is 4.52 Å². The zero-order chi connectivity index (χ0) is 19.4. The highest BCUT2D eigenvalue weighted by atomic mass is 16.5. The molecule has 1 saturated heterocycles. The van der Waals surface area contributed by atoms with Gasteiger partial charge in [-0.15, -0.1) is 0 Å². The van der Waals surface area contributed by atoms with Gasteiger partial charge in [0.25, 0.3) is 11.6 Å². The van der Waals surface area contributed by atoms with Crippen molar-refractivity contribution in [3.8, 4) is 0 Å². The third kappa shape index (κ3) is 4.67. The van der Waals surface area contributed by atoms with E-state index >= 15 is 0 Å². The van der Waals surface area contributed by atoms with Crippen molar-refractivity contribution in [1.29, 1.82) is 0 Å². The van der Waals surface area contributed by atoms with Crippen LogP contribution < -0.4 is 5.32 Å². The molecular weight excluding hydrogens is 340 g/mol. The first-order valence-electron chi connectivity index (χ1n) is 10.3. The van der Waals surface area contributed by atoms with E-state index in [0.29, 0.717) is 29.6 Å². The molecule has 6 heteroatoms. The average Bonchev–Trinajstić information content (AvgIpc) is 3.03. The van der Waals surface area contributed by atoms with Crippen molar-refractivity contribution in [2.75, 3.05) is 19.6 Å². The van der Waals surface area contributed by atoms with Gasteiger partial charge in [-0.05, 0) is 64.6 Å². The van der Waals surface area contributed by atoms with Crippen LogP contribution in [0.15, 0.2) is 10.6 Å². The Morgan fingerprint density at radius 1 is 1.37 bits per heavy atom. The number of carbonyl (C=O) groups excluding carboxylic acids is 1. The Bertz CT molecular complexity index is 784. The van der Waals surface area contributed by atoms with Crippen LogP contribution in [0.2, 0.25) is 0 Å². The smallest absolute Gasteiger partial charge is 0.259 e. The van der Waals surface area contributed by atoms with Gasteiger partial charge in [-0.1, -0.05) is 25.4 Å². The van der Waals surface area contributed by atoms with Crippen LogP contribution in [-0.2, 0) is 0 Å². The molecule has 0 radical (unpaired) electrons. The highest BCUT2D eigenvalue weighted by Crippen LogP contribution is 2.25. The molecule has 1 aliphatic heterocycles. The molecule has 1 unspecified atom stereocenters. The lowest BCUT2D eigenvalue weighted by Crippen LogP contribution is -2.38. The van der Waals surface area contributed by atoms with E-state index < -0.39 is 0 Å². The third-order valence-corrected chi connectivity index (χ3v) is 5.57. The lowest BCUT2D eigenvalue weighted by Gasteiger charge is -2.33. The van der Waals surface area contributed by atoms with E-state index in [1.54, 1.807) is 0 Å². The lowest BCUT2D eigenvalue weighted by atomic mass is 10.0. The summed E-state index contributed by atoms with van der Waals surface area (Å²) < 4.78 is 5.30. The summed E-state index contributed by atoms with van der Waals surface area (Å²) in [6, 6.07) is 2.58. The summed E-state index contributed by atoms with van der Waals surface area (Å²) in [5.74, 6) is 0.153.